The molecule has 1 aromatic heterocycles. The topological polar surface area (TPSA) is 76.2 Å². The number of pyridine rings is 1. The quantitative estimate of drug-likeness (QED) is 0.878. The number of carbonyl (C=O) groups is 1. The van der Waals surface area contributed by atoms with Gasteiger partial charge in [-0.1, -0.05) is 46.9 Å². The average Bonchev–Trinajstić information content (AvgIpc) is 2.37. The number of nitrogens with zero attached hydrogens (tertiary/aromatic N) is 1. The molecule has 0 saturated heterocycles. The summed E-state index contributed by atoms with van der Waals surface area (Å²) in [5, 5.41) is 9.51. The first-order valence-electron chi connectivity index (χ1n) is 5.05. The van der Waals surface area contributed by atoms with E-state index in [0.717, 1.165) is 0 Å². The first-order valence-corrected chi connectivity index (χ1v) is 6.19. The SMILES string of the molecule is Nc1c(Cl)c(C(=O)O)nc(-c2ccc(Cl)cc2)c1Cl. The molecule has 0 unspecified atom stereocenters. The van der Waals surface area contributed by atoms with Crippen LogP contribution in [0, 0.1) is 0 Å². The predicted molar refractivity (Wildman–Crippen MR) is 76.1 cm³/mol. The lowest BCUT2D eigenvalue weighted by atomic mass is 10.1. The summed E-state index contributed by atoms with van der Waals surface area (Å²) in [6.45, 7) is 0. The van der Waals surface area contributed by atoms with Crippen molar-refractivity contribution in [2.45, 2.75) is 0 Å². The van der Waals surface area contributed by atoms with Crippen molar-refractivity contribution in [1.82, 2.24) is 4.98 Å². The molecule has 1 aromatic carbocycles. The van der Waals surface area contributed by atoms with Crippen molar-refractivity contribution >= 4 is 46.5 Å². The third-order valence-corrected chi connectivity index (χ3v) is 3.45. The Kier molecular flexibility index (Phi) is 3.85. The predicted octanol–water partition coefficient (Wildman–Crippen LogP) is 3.99. The van der Waals surface area contributed by atoms with Crippen LogP contribution in [0.3, 0.4) is 0 Å². The number of hydrogen-bond acceptors (Lipinski definition) is 3. The van der Waals surface area contributed by atoms with Gasteiger partial charge >= 0.3 is 5.97 Å². The number of hydrogen-bond donors (Lipinski definition) is 2. The van der Waals surface area contributed by atoms with Crippen molar-refractivity contribution in [3.63, 3.8) is 0 Å². The van der Waals surface area contributed by atoms with Crippen LogP contribution < -0.4 is 5.73 Å². The van der Waals surface area contributed by atoms with Crippen molar-refractivity contribution in [1.29, 1.82) is 0 Å². The second-order valence-corrected chi connectivity index (χ2v) is 4.86. The number of aromatic carboxylic acids is 1. The van der Waals surface area contributed by atoms with Crippen LogP contribution in [0.4, 0.5) is 5.69 Å². The van der Waals surface area contributed by atoms with Gasteiger partial charge in [0.05, 0.1) is 21.4 Å². The van der Waals surface area contributed by atoms with Gasteiger partial charge in [0.15, 0.2) is 5.69 Å². The number of halogens is 3. The Balaban J connectivity index is 2.70. The molecule has 98 valence electrons. The van der Waals surface area contributed by atoms with Crippen LogP contribution in [0.15, 0.2) is 24.3 Å². The maximum absolute atomic E-state index is 11.1. The highest BCUT2D eigenvalue weighted by Crippen LogP contribution is 2.37. The number of carboxylic acids is 1. The van der Waals surface area contributed by atoms with Gasteiger partial charge < -0.3 is 10.8 Å². The molecule has 1 heterocycles. The largest absolute Gasteiger partial charge is 0.476 e. The summed E-state index contributed by atoms with van der Waals surface area (Å²) in [7, 11) is 0. The molecule has 0 radical (unpaired) electrons. The van der Waals surface area contributed by atoms with Crippen LogP contribution >= 0.6 is 34.8 Å². The number of nitrogens with two attached hydrogens (primary N) is 1. The highest BCUT2D eigenvalue weighted by Gasteiger charge is 2.20. The highest BCUT2D eigenvalue weighted by molar-refractivity contribution is 6.41. The number of anilines is 1. The monoisotopic (exact) mass is 316 g/mol. The summed E-state index contributed by atoms with van der Waals surface area (Å²) >= 11 is 17.6. The number of aromatic nitrogens is 1. The molecule has 4 nitrogen and oxygen atoms in total. The van der Waals surface area contributed by atoms with E-state index in [1.165, 1.54) is 0 Å². The Hall–Kier alpha value is -1.49. The lowest BCUT2D eigenvalue weighted by molar-refractivity contribution is 0.0691. The van der Waals surface area contributed by atoms with Gasteiger partial charge in [-0.05, 0) is 12.1 Å². The molecule has 0 atom stereocenters. The first kappa shape index (κ1) is 13.9. The van der Waals surface area contributed by atoms with E-state index in [1.807, 2.05) is 0 Å². The van der Waals surface area contributed by atoms with E-state index in [1.54, 1.807) is 24.3 Å². The van der Waals surface area contributed by atoms with Gasteiger partial charge in [0.2, 0.25) is 0 Å². The molecule has 2 aromatic rings. The van der Waals surface area contributed by atoms with E-state index in [0.29, 0.717) is 10.6 Å². The summed E-state index contributed by atoms with van der Waals surface area (Å²) in [6, 6.07) is 6.60. The summed E-state index contributed by atoms with van der Waals surface area (Å²) in [4.78, 5) is 15.0. The fourth-order valence-corrected chi connectivity index (χ4v) is 2.14. The highest BCUT2D eigenvalue weighted by atomic mass is 35.5. The zero-order valence-electron chi connectivity index (χ0n) is 9.32. The Morgan fingerprint density at radius 2 is 1.68 bits per heavy atom. The van der Waals surface area contributed by atoms with Gasteiger partial charge in [0.25, 0.3) is 0 Å². The molecule has 19 heavy (non-hydrogen) atoms. The minimum atomic E-state index is -1.27. The second-order valence-electron chi connectivity index (χ2n) is 3.66. The molecule has 0 amide bonds. The molecule has 0 aliphatic rings. The summed E-state index contributed by atoms with van der Waals surface area (Å²) in [5.41, 5.74) is 6.19. The molecule has 0 bridgehead atoms. The third kappa shape index (κ3) is 2.61. The van der Waals surface area contributed by atoms with Crippen molar-refractivity contribution in [2.24, 2.45) is 0 Å². The van der Waals surface area contributed by atoms with E-state index in [9.17, 15) is 4.79 Å². The smallest absolute Gasteiger partial charge is 0.356 e. The Morgan fingerprint density at radius 1 is 1.11 bits per heavy atom. The van der Waals surface area contributed by atoms with Gasteiger partial charge in [-0.2, -0.15) is 0 Å². The van der Waals surface area contributed by atoms with E-state index in [-0.39, 0.29) is 27.1 Å². The number of rotatable bonds is 2. The van der Waals surface area contributed by atoms with Crippen molar-refractivity contribution in [3.05, 3.63) is 45.0 Å². The molecule has 0 aliphatic heterocycles. The van der Waals surface area contributed by atoms with E-state index in [2.05, 4.69) is 4.98 Å². The van der Waals surface area contributed by atoms with E-state index >= 15 is 0 Å². The van der Waals surface area contributed by atoms with Gasteiger partial charge in [-0.25, -0.2) is 9.78 Å². The van der Waals surface area contributed by atoms with Crippen molar-refractivity contribution in [3.8, 4) is 11.3 Å². The molecule has 0 saturated carbocycles. The molecule has 3 N–H and O–H groups in total. The lowest BCUT2D eigenvalue weighted by Crippen LogP contribution is -2.06. The lowest BCUT2D eigenvalue weighted by Gasteiger charge is -2.10. The summed E-state index contributed by atoms with van der Waals surface area (Å²) in [6.07, 6.45) is 0. The fourth-order valence-electron chi connectivity index (χ4n) is 1.50. The zero-order chi connectivity index (χ0) is 14.2. The molecule has 7 heteroatoms. The van der Waals surface area contributed by atoms with Crippen molar-refractivity contribution in [2.75, 3.05) is 5.73 Å². The van der Waals surface area contributed by atoms with Gasteiger partial charge in [-0.15, -0.1) is 0 Å². The number of benzene rings is 1. The van der Waals surface area contributed by atoms with E-state index in [4.69, 9.17) is 45.6 Å². The average molecular weight is 318 g/mol. The third-order valence-electron chi connectivity index (χ3n) is 2.43. The van der Waals surface area contributed by atoms with Crippen LogP contribution in [0.1, 0.15) is 10.5 Å². The van der Waals surface area contributed by atoms with Gasteiger partial charge in [-0.3, -0.25) is 0 Å². The number of carboxylic acid groups (broad SMARTS) is 1. The van der Waals surface area contributed by atoms with Crippen LogP contribution in [0.25, 0.3) is 11.3 Å². The van der Waals surface area contributed by atoms with Crippen LogP contribution in [0.5, 0.6) is 0 Å². The summed E-state index contributed by atoms with van der Waals surface area (Å²) < 4.78 is 0. The minimum Gasteiger partial charge on any atom is -0.476 e. The second kappa shape index (κ2) is 5.25. The normalized spacial score (nSPS) is 10.5. The number of nitrogen functional groups attached to an aromatic ring is 1. The molecular weight excluding hydrogens is 311 g/mol. The molecule has 0 aliphatic carbocycles. The van der Waals surface area contributed by atoms with Gasteiger partial charge in [0, 0.05) is 10.6 Å². The first-order chi connectivity index (χ1) is 8.91. The Bertz CT molecular complexity index is 657. The maximum atomic E-state index is 11.1. The van der Waals surface area contributed by atoms with Gasteiger partial charge in [0.1, 0.15) is 0 Å². The summed E-state index contributed by atoms with van der Waals surface area (Å²) in [5.74, 6) is -1.27. The maximum Gasteiger partial charge on any atom is 0.356 e. The Morgan fingerprint density at radius 3 is 2.21 bits per heavy atom. The fraction of sp³-hybridized carbons (Fsp3) is 0. The Labute approximate surface area is 123 Å². The zero-order valence-corrected chi connectivity index (χ0v) is 11.6. The molecule has 0 spiro atoms. The molecule has 0 fully saturated rings. The van der Waals surface area contributed by atoms with Crippen molar-refractivity contribution < 1.29 is 9.90 Å². The van der Waals surface area contributed by atoms with Crippen LogP contribution in [0.2, 0.25) is 15.1 Å². The van der Waals surface area contributed by atoms with E-state index < -0.39 is 5.97 Å². The van der Waals surface area contributed by atoms with Crippen LogP contribution in [-0.2, 0) is 0 Å². The molecular formula is C12H7Cl3N2O2. The standard InChI is InChI=1S/C12H7Cl3N2O2/c13-6-3-1-5(2-4-6)10-7(14)9(16)8(15)11(17-10)12(18)19/h1-4H,(H2,16,17)(H,18,19). The minimum absolute atomic E-state index is 0.0133. The molecule has 2 rings (SSSR count). The van der Waals surface area contributed by atoms with Crippen LogP contribution in [-0.4, -0.2) is 16.1 Å².